The van der Waals surface area contributed by atoms with Gasteiger partial charge in [-0.2, -0.15) is 0 Å². The van der Waals surface area contributed by atoms with Gasteiger partial charge in [0.1, 0.15) is 11.6 Å². The van der Waals surface area contributed by atoms with E-state index in [0.717, 1.165) is 11.2 Å². The van der Waals surface area contributed by atoms with Crippen LogP contribution in [-0.4, -0.2) is 54.8 Å². The van der Waals surface area contributed by atoms with Crippen LogP contribution in [0.4, 0.5) is 5.69 Å². The van der Waals surface area contributed by atoms with E-state index in [-0.39, 0.29) is 29.4 Å². The van der Waals surface area contributed by atoms with Crippen molar-refractivity contribution in [2.24, 2.45) is 0 Å². The lowest BCUT2D eigenvalue weighted by molar-refractivity contribution is -0.132. The Labute approximate surface area is 153 Å². The van der Waals surface area contributed by atoms with E-state index in [1.54, 1.807) is 18.9 Å². The predicted octanol–water partition coefficient (Wildman–Crippen LogP) is 2.40. The second-order valence-electron chi connectivity index (χ2n) is 7.26. The molecule has 2 heterocycles. The van der Waals surface area contributed by atoms with Gasteiger partial charge < -0.3 is 14.6 Å². The monoisotopic (exact) mass is 379 g/mol. The highest BCUT2D eigenvalue weighted by molar-refractivity contribution is 7.91. The highest BCUT2D eigenvalue weighted by Crippen LogP contribution is 2.24. The van der Waals surface area contributed by atoms with E-state index in [4.69, 9.17) is 4.42 Å². The number of nitrogens with zero attached hydrogens (tertiary/aromatic N) is 2. The van der Waals surface area contributed by atoms with Crippen LogP contribution in [0.5, 0.6) is 0 Å². The quantitative estimate of drug-likeness (QED) is 0.857. The maximum Gasteiger partial charge on any atom is 0.244 e. The molecule has 1 aromatic heterocycles. The average molecular weight is 379 g/mol. The summed E-state index contributed by atoms with van der Waals surface area (Å²) in [6.45, 7) is 5.81. The van der Waals surface area contributed by atoms with Gasteiger partial charge in [-0.15, -0.1) is 0 Å². The van der Waals surface area contributed by atoms with Gasteiger partial charge in [0.15, 0.2) is 21.3 Å². The van der Waals surface area contributed by atoms with Gasteiger partial charge in [-0.3, -0.25) is 4.79 Å². The molecule has 0 radical (unpaired) electrons. The molecule has 1 aliphatic heterocycles. The number of carbonyl (C=O) groups excluding carboxylic acids is 1. The van der Waals surface area contributed by atoms with Gasteiger partial charge in [-0.05, 0) is 31.5 Å². The fourth-order valence-corrected chi connectivity index (χ4v) is 4.93. The molecule has 0 saturated carbocycles. The minimum atomic E-state index is -3.02. The summed E-state index contributed by atoms with van der Waals surface area (Å²) in [6.07, 6.45) is 0.500. The van der Waals surface area contributed by atoms with Crippen molar-refractivity contribution in [3.63, 3.8) is 0 Å². The van der Waals surface area contributed by atoms with Gasteiger partial charge in [0.25, 0.3) is 0 Å². The normalized spacial score (nSPS) is 20.4. The van der Waals surface area contributed by atoms with Gasteiger partial charge in [0, 0.05) is 24.7 Å². The molecule has 142 valence electrons. The Balaban J connectivity index is 1.69. The van der Waals surface area contributed by atoms with Gasteiger partial charge in [0.2, 0.25) is 5.91 Å². The molecular weight excluding hydrogens is 354 g/mol. The van der Waals surface area contributed by atoms with Crippen LogP contribution in [0, 0.1) is 0 Å². The van der Waals surface area contributed by atoms with Crippen LogP contribution in [0.1, 0.15) is 39.0 Å². The molecule has 1 amide bonds. The second kappa shape index (κ2) is 6.90. The molecule has 2 unspecified atom stereocenters. The molecule has 1 aliphatic rings. The molecule has 0 bridgehead atoms. The molecule has 7 nitrogen and oxygen atoms in total. The van der Waals surface area contributed by atoms with E-state index in [1.165, 1.54) is 0 Å². The number of oxazole rings is 1. The van der Waals surface area contributed by atoms with Crippen LogP contribution < -0.4 is 5.32 Å². The zero-order chi connectivity index (χ0) is 19.1. The maximum atomic E-state index is 12.6. The maximum absolute atomic E-state index is 12.6. The summed E-state index contributed by atoms with van der Waals surface area (Å²) in [6, 6.07) is 4.82. The molecule has 0 spiro atoms. The minimum absolute atomic E-state index is 0.0465. The Morgan fingerprint density at radius 3 is 2.69 bits per heavy atom. The van der Waals surface area contributed by atoms with Crippen LogP contribution in [-0.2, 0) is 14.6 Å². The van der Waals surface area contributed by atoms with Crippen LogP contribution in [0.2, 0.25) is 0 Å². The van der Waals surface area contributed by atoms with Crippen molar-refractivity contribution in [1.29, 1.82) is 0 Å². The third kappa shape index (κ3) is 3.85. The topological polar surface area (TPSA) is 92.5 Å². The number of likely N-dealkylation sites (N-methyl/N-ethyl adjacent to an activating group) is 1. The zero-order valence-electron chi connectivity index (χ0n) is 15.5. The number of carbonyl (C=O) groups is 1. The van der Waals surface area contributed by atoms with Gasteiger partial charge in [-0.1, -0.05) is 13.8 Å². The summed E-state index contributed by atoms with van der Waals surface area (Å²) in [5, 5.41) is 3.18. The largest absolute Gasteiger partial charge is 0.440 e. The van der Waals surface area contributed by atoms with Crippen molar-refractivity contribution >= 4 is 32.5 Å². The standard InChI is InChI=1S/C18H25N3O4S/c1-11(2)17-20-15-9-13(5-6-16(15)25-17)19-12(3)18(22)21(4)14-7-8-26(23,24)10-14/h5-6,9,11-12,14,19H,7-8,10H2,1-4H3. The number of aromatic nitrogens is 1. The molecule has 2 aromatic rings. The van der Waals surface area contributed by atoms with E-state index in [2.05, 4.69) is 10.3 Å². The summed E-state index contributed by atoms with van der Waals surface area (Å²) >= 11 is 0. The van der Waals surface area contributed by atoms with E-state index in [1.807, 2.05) is 32.0 Å². The van der Waals surface area contributed by atoms with Crippen LogP contribution >= 0.6 is 0 Å². The van der Waals surface area contributed by atoms with E-state index >= 15 is 0 Å². The lowest BCUT2D eigenvalue weighted by Gasteiger charge is -2.27. The first kappa shape index (κ1) is 18.7. The van der Waals surface area contributed by atoms with Crippen LogP contribution in [0.15, 0.2) is 22.6 Å². The number of hydrogen-bond acceptors (Lipinski definition) is 6. The summed E-state index contributed by atoms with van der Waals surface area (Å²) in [5.41, 5.74) is 2.23. The van der Waals surface area contributed by atoms with E-state index in [9.17, 15) is 13.2 Å². The number of anilines is 1. The SMILES string of the molecule is CC(Nc1ccc2oc(C(C)C)nc2c1)C(=O)N(C)C1CCS(=O)(=O)C1. The fourth-order valence-electron chi connectivity index (χ4n) is 3.16. The van der Waals surface area contributed by atoms with Crippen molar-refractivity contribution in [1.82, 2.24) is 9.88 Å². The number of fused-ring (bicyclic) bond motifs is 1. The molecule has 1 N–H and O–H groups in total. The van der Waals surface area contributed by atoms with Gasteiger partial charge in [-0.25, -0.2) is 13.4 Å². The van der Waals surface area contributed by atoms with Gasteiger partial charge >= 0.3 is 0 Å². The molecule has 1 aromatic carbocycles. The Bertz CT molecular complexity index is 920. The molecule has 26 heavy (non-hydrogen) atoms. The predicted molar refractivity (Wildman–Crippen MR) is 101 cm³/mol. The van der Waals surface area contributed by atoms with Crippen LogP contribution in [0.3, 0.4) is 0 Å². The summed E-state index contributed by atoms with van der Waals surface area (Å²) in [5.74, 6) is 0.956. The number of benzene rings is 1. The third-order valence-corrected chi connectivity index (χ3v) is 6.51. The number of amides is 1. The van der Waals surface area contributed by atoms with Crippen molar-refractivity contribution in [2.75, 3.05) is 23.9 Å². The number of sulfone groups is 1. The number of hydrogen-bond donors (Lipinski definition) is 1. The summed E-state index contributed by atoms with van der Waals surface area (Å²) in [4.78, 5) is 18.7. The Hall–Kier alpha value is -2.09. The summed E-state index contributed by atoms with van der Waals surface area (Å²) in [7, 11) is -1.35. The zero-order valence-corrected chi connectivity index (χ0v) is 16.3. The van der Waals surface area contributed by atoms with Crippen molar-refractivity contribution in [2.45, 2.75) is 45.2 Å². The molecule has 8 heteroatoms. The lowest BCUT2D eigenvalue weighted by Crippen LogP contribution is -2.45. The third-order valence-electron chi connectivity index (χ3n) is 4.76. The fraction of sp³-hybridized carbons (Fsp3) is 0.556. The highest BCUT2D eigenvalue weighted by Gasteiger charge is 2.34. The van der Waals surface area contributed by atoms with E-state index in [0.29, 0.717) is 17.9 Å². The average Bonchev–Trinajstić information content (AvgIpc) is 3.16. The first-order valence-electron chi connectivity index (χ1n) is 8.80. The Morgan fingerprint density at radius 1 is 1.35 bits per heavy atom. The van der Waals surface area contributed by atoms with Crippen molar-refractivity contribution in [3.8, 4) is 0 Å². The highest BCUT2D eigenvalue weighted by atomic mass is 32.2. The second-order valence-corrected chi connectivity index (χ2v) is 9.49. The molecule has 1 fully saturated rings. The molecule has 2 atom stereocenters. The first-order chi connectivity index (χ1) is 12.2. The van der Waals surface area contributed by atoms with Crippen LogP contribution in [0.25, 0.3) is 11.1 Å². The van der Waals surface area contributed by atoms with Crippen molar-refractivity contribution in [3.05, 3.63) is 24.1 Å². The minimum Gasteiger partial charge on any atom is -0.440 e. The van der Waals surface area contributed by atoms with E-state index < -0.39 is 15.9 Å². The first-order valence-corrected chi connectivity index (χ1v) is 10.6. The molecule has 0 aliphatic carbocycles. The molecule has 1 saturated heterocycles. The number of rotatable bonds is 5. The number of nitrogens with one attached hydrogen (secondary N) is 1. The molecule has 3 rings (SSSR count). The van der Waals surface area contributed by atoms with Crippen molar-refractivity contribution < 1.29 is 17.6 Å². The van der Waals surface area contributed by atoms with Gasteiger partial charge in [0.05, 0.1) is 11.5 Å². The smallest absolute Gasteiger partial charge is 0.244 e. The Kier molecular flexibility index (Phi) is 4.96. The lowest BCUT2D eigenvalue weighted by atomic mass is 10.2. The molecular formula is C18H25N3O4S. The summed E-state index contributed by atoms with van der Waals surface area (Å²) < 4.78 is 29.0. The Morgan fingerprint density at radius 2 is 2.08 bits per heavy atom.